The van der Waals surface area contributed by atoms with Crippen LogP contribution < -0.4 is 10.5 Å². The molecule has 4 rings (SSSR count). The maximum Gasteiger partial charge on any atom is 0.165 e. The van der Waals surface area contributed by atoms with Gasteiger partial charge in [0.2, 0.25) is 0 Å². The quantitative estimate of drug-likeness (QED) is 0.774. The van der Waals surface area contributed by atoms with E-state index in [2.05, 4.69) is 28.1 Å². The summed E-state index contributed by atoms with van der Waals surface area (Å²) in [7, 11) is 1.93. The number of pyridine rings is 1. The molecule has 1 aliphatic heterocycles. The van der Waals surface area contributed by atoms with Gasteiger partial charge in [-0.15, -0.1) is 0 Å². The second-order valence-electron chi connectivity index (χ2n) is 6.22. The van der Waals surface area contributed by atoms with Crippen LogP contribution in [0.2, 0.25) is 0 Å². The van der Waals surface area contributed by atoms with Gasteiger partial charge in [0, 0.05) is 37.5 Å². The first-order valence-electron chi connectivity index (χ1n) is 8.30. The molecule has 0 spiro atoms. The van der Waals surface area contributed by atoms with Gasteiger partial charge in [0.05, 0.1) is 11.7 Å². The molecule has 1 aliphatic rings. The van der Waals surface area contributed by atoms with Gasteiger partial charge in [-0.1, -0.05) is 6.92 Å². The Labute approximate surface area is 140 Å². The summed E-state index contributed by atoms with van der Waals surface area (Å²) in [6.45, 7) is 5.14. The number of ether oxygens (including phenoxy) is 1. The maximum absolute atomic E-state index is 6.09. The van der Waals surface area contributed by atoms with Crippen molar-refractivity contribution in [1.29, 1.82) is 0 Å². The highest BCUT2D eigenvalue weighted by molar-refractivity contribution is 5.71. The molecular weight excluding hydrogens is 304 g/mol. The Balaban J connectivity index is 1.60. The lowest BCUT2D eigenvalue weighted by Crippen LogP contribution is -2.50. The number of nitrogen functional groups attached to an aromatic ring is 1. The number of anilines is 1. The number of likely N-dealkylation sites (tertiary alicyclic amines) is 1. The Hall–Kier alpha value is -2.54. The summed E-state index contributed by atoms with van der Waals surface area (Å²) in [5.74, 6) is 1.33. The molecule has 126 valence electrons. The Bertz CT molecular complexity index is 865. The van der Waals surface area contributed by atoms with Gasteiger partial charge < -0.3 is 10.5 Å². The average molecular weight is 326 g/mol. The SMILES string of the molecule is CCN1CC[C@@H]1COc1cnn(C)c1-c1ccn2nc(N)cc2c1. The molecule has 3 aromatic heterocycles. The number of hydrogen-bond donors (Lipinski definition) is 1. The summed E-state index contributed by atoms with van der Waals surface area (Å²) in [6.07, 6.45) is 4.90. The molecule has 0 radical (unpaired) electrons. The van der Waals surface area contributed by atoms with Gasteiger partial charge in [0.1, 0.15) is 18.1 Å². The van der Waals surface area contributed by atoms with Gasteiger partial charge in [-0.25, -0.2) is 4.52 Å². The zero-order valence-electron chi connectivity index (χ0n) is 14.0. The van der Waals surface area contributed by atoms with Crippen molar-refractivity contribution in [3.63, 3.8) is 0 Å². The molecule has 7 nitrogen and oxygen atoms in total. The minimum absolute atomic E-state index is 0.512. The average Bonchev–Trinajstić information content (AvgIpc) is 3.08. The van der Waals surface area contributed by atoms with E-state index in [1.807, 2.05) is 30.1 Å². The van der Waals surface area contributed by atoms with E-state index in [1.165, 1.54) is 13.0 Å². The highest BCUT2D eigenvalue weighted by atomic mass is 16.5. The highest BCUT2D eigenvalue weighted by Gasteiger charge is 2.27. The molecule has 2 N–H and O–H groups in total. The summed E-state index contributed by atoms with van der Waals surface area (Å²) in [5, 5.41) is 8.58. The lowest BCUT2D eigenvalue weighted by atomic mass is 10.0. The molecule has 1 saturated heterocycles. The number of likely N-dealkylation sites (N-methyl/N-ethyl adjacent to an activating group) is 1. The summed E-state index contributed by atoms with van der Waals surface area (Å²) in [6, 6.07) is 6.42. The van der Waals surface area contributed by atoms with Crippen LogP contribution in [-0.2, 0) is 7.05 Å². The second kappa shape index (κ2) is 5.83. The van der Waals surface area contributed by atoms with Gasteiger partial charge in [-0.2, -0.15) is 10.2 Å². The zero-order valence-corrected chi connectivity index (χ0v) is 14.0. The van der Waals surface area contributed by atoms with Crippen LogP contribution in [0.4, 0.5) is 5.82 Å². The van der Waals surface area contributed by atoms with Crippen LogP contribution in [0.25, 0.3) is 16.8 Å². The first kappa shape index (κ1) is 15.0. The zero-order chi connectivity index (χ0) is 16.7. The second-order valence-corrected chi connectivity index (χ2v) is 6.22. The summed E-state index contributed by atoms with van der Waals surface area (Å²) >= 11 is 0. The third-order valence-corrected chi connectivity index (χ3v) is 4.76. The van der Waals surface area contributed by atoms with E-state index in [9.17, 15) is 0 Å². The van der Waals surface area contributed by atoms with E-state index >= 15 is 0 Å². The highest BCUT2D eigenvalue weighted by Crippen LogP contribution is 2.31. The number of aryl methyl sites for hydroxylation is 1. The van der Waals surface area contributed by atoms with Crippen LogP contribution in [0, 0.1) is 0 Å². The Morgan fingerprint density at radius 2 is 2.25 bits per heavy atom. The number of nitrogens with two attached hydrogens (primary N) is 1. The smallest absolute Gasteiger partial charge is 0.165 e. The number of aromatic nitrogens is 4. The molecule has 0 saturated carbocycles. The van der Waals surface area contributed by atoms with Crippen molar-refractivity contribution < 1.29 is 4.74 Å². The molecule has 24 heavy (non-hydrogen) atoms. The molecule has 0 bridgehead atoms. The number of rotatable bonds is 5. The van der Waals surface area contributed by atoms with E-state index in [4.69, 9.17) is 10.5 Å². The Morgan fingerprint density at radius 1 is 1.38 bits per heavy atom. The van der Waals surface area contributed by atoms with Crippen molar-refractivity contribution >= 4 is 11.3 Å². The van der Waals surface area contributed by atoms with E-state index in [1.54, 1.807) is 10.7 Å². The van der Waals surface area contributed by atoms with Crippen molar-refractivity contribution in [1.82, 2.24) is 24.3 Å². The summed E-state index contributed by atoms with van der Waals surface area (Å²) < 4.78 is 9.71. The molecule has 1 fully saturated rings. The molecule has 4 heterocycles. The van der Waals surface area contributed by atoms with Gasteiger partial charge in [-0.05, 0) is 25.1 Å². The van der Waals surface area contributed by atoms with Crippen LogP contribution in [0.15, 0.2) is 30.6 Å². The predicted molar refractivity (Wildman–Crippen MR) is 93.0 cm³/mol. The third kappa shape index (κ3) is 2.50. The van der Waals surface area contributed by atoms with Gasteiger partial charge in [0.15, 0.2) is 5.75 Å². The number of nitrogens with zero attached hydrogens (tertiary/aromatic N) is 5. The predicted octanol–water partition coefficient (Wildman–Crippen LogP) is 1.79. The van der Waals surface area contributed by atoms with E-state index < -0.39 is 0 Å². The molecule has 7 heteroatoms. The minimum atomic E-state index is 0.512. The summed E-state index contributed by atoms with van der Waals surface area (Å²) in [5.41, 5.74) is 8.73. The van der Waals surface area contributed by atoms with E-state index in [0.717, 1.165) is 29.1 Å². The van der Waals surface area contributed by atoms with Crippen molar-refractivity contribution in [2.24, 2.45) is 7.05 Å². The van der Waals surface area contributed by atoms with Crippen molar-refractivity contribution in [3.8, 4) is 17.0 Å². The molecular formula is C17H22N6O. The van der Waals surface area contributed by atoms with Crippen LogP contribution in [0.1, 0.15) is 13.3 Å². The van der Waals surface area contributed by atoms with E-state index in [0.29, 0.717) is 18.5 Å². The minimum Gasteiger partial charge on any atom is -0.488 e. The molecule has 0 aliphatic carbocycles. The van der Waals surface area contributed by atoms with Crippen LogP contribution in [0.3, 0.4) is 0 Å². The molecule has 0 amide bonds. The fourth-order valence-corrected chi connectivity index (χ4v) is 3.30. The maximum atomic E-state index is 6.09. The fraction of sp³-hybridized carbons (Fsp3) is 0.412. The largest absolute Gasteiger partial charge is 0.488 e. The normalized spacial score (nSPS) is 18.0. The fourth-order valence-electron chi connectivity index (χ4n) is 3.30. The monoisotopic (exact) mass is 326 g/mol. The Kier molecular flexibility index (Phi) is 3.65. The van der Waals surface area contributed by atoms with Gasteiger partial charge in [-0.3, -0.25) is 9.58 Å². The molecule has 0 unspecified atom stereocenters. The first-order chi connectivity index (χ1) is 11.7. The molecule has 3 aromatic rings. The lowest BCUT2D eigenvalue weighted by Gasteiger charge is -2.39. The number of hydrogen-bond acceptors (Lipinski definition) is 5. The van der Waals surface area contributed by atoms with Gasteiger partial charge in [0.25, 0.3) is 0 Å². The van der Waals surface area contributed by atoms with Crippen LogP contribution in [-0.4, -0.2) is 50.0 Å². The topological polar surface area (TPSA) is 73.6 Å². The van der Waals surface area contributed by atoms with Crippen molar-refractivity contribution in [2.45, 2.75) is 19.4 Å². The summed E-state index contributed by atoms with van der Waals surface area (Å²) in [4.78, 5) is 2.43. The van der Waals surface area contributed by atoms with Crippen LogP contribution in [0.5, 0.6) is 5.75 Å². The van der Waals surface area contributed by atoms with Gasteiger partial charge >= 0.3 is 0 Å². The third-order valence-electron chi connectivity index (χ3n) is 4.76. The lowest BCUT2D eigenvalue weighted by molar-refractivity contribution is 0.0563. The van der Waals surface area contributed by atoms with Crippen LogP contribution >= 0.6 is 0 Å². The van der Waals surface area contributed by atoms with Crippen molar-refractivity contribution in [2.75, 3.05) is 25.4 Å². The molecule has 0 aromatic carbocycles. The first-order valence-corrected chi connectivity index (χ1v) is 8.30. The van der Waals surface area contributed by atoms with E-state index in [-0.39, 0.29) is 0 Å². The standard InChI is InChI=1S/C17H22N6O/c1-3-22-6-5-13(22)11-24-15-10-19-21(2)17(15)12-4-7-23-14(8-12)9-16(18)20-23/h4,7-10,13H,3,5-6,11H2,1-2H3,(H2,18,20)/t13-/m1/s1. The Morgan fingerprint density at radius 3 is 3.00 bits per heavy atom. The molecule has 1 atom stereocenters. The number of fused-ring (bicyclic) bond motifs is 1. The van der Waals surface area contributed by atoms with Crippen molar-refractivity contribution in [3.05, 3.63) is 30.6 Å².